The SMILES string of the molecule is CCCCCCCCBc1nc(N(C)CC(N)=O)nc(N2CCN(C(CCCCCCC)CCCCCCC)CC2)n1. The zero-order valence-electron chi connectivity index (χ0n) is 27.9. The summed E-state index contributed by atoms with van der Waals surface area (Å²) >= 11 is 0. The molecule has 2 rings (SSSR count). The average molecular weight is 586 g/mol. The maximum Gasteiger partial charge on any atom is 0.237 e. The van der Waals surface area contributed by atoms with Crippen LogP contribution in [-0.4, -0.2) is 78.9 Å². The number of hydrogen-bond donors (Lipinski definition) is 1. The third-order valence-electron chi connectivity index (χ3n) is 8.79. The van der Waals surface area contributed by atoms with Gasteiger partial charge in [0.1, 0.15) is 0 Å². The van der Waals surface area contributed by atoms with Gasteiger partial charge < -0.3 is 15.5 Å². The van der Waals surface area contributed by atoms with Gasteiger partial charge in [0, 0.05) is 39.3 Å². The second kappa shape index (κ2) is 22.6. The number of aromatic nitrogens is 3. The number of carbonyl (C=O) groups excluding carboxylic acids is 1. The molecule has 0 aliphatic carbocycles. The molecule has 0 unspecified atom stereocenters. The van der Waals surface area contributed by atoms with Gasteiger partial charge in [-0.3, -0.25) is 9.69 Å². The number of anilines is 2. The van der Waals surface area contributed by atoms with Crippen LogP contribution in [0.2, 0.25) is 6.32 Å². The number of amides is 1. The average Bonchev–Trinajstić information content (AvgIpc) is 2.99. The fourth-order valence-electron chi connectivity index (χ4n) is 6.13. The van der Waals surface area contributed by atoms with E-state index in [2.05, 4.69) is 30.6 Å². The van der Waals surface area contributed by atoms with Crippen LogP contribution in [0.4, 0.5) is 11.9 Å². The fraction of sp³-hybridized carbons (Fsp3) is 0.879. The maximum atomic E-state index is 11.6. The molecule has 1 aromatic heterocycles. The van der Waals surface area contributed by atoms with Crippen LogP contribution in [0.1, 0.15) is 136 Å². The lowest BCUT2D eigenvalue weighted by Crippen LogP contribution is -2.51. The molecule has 2 N–H and O–H groups in total. The number of likely N-dealkylation sites (N-methyl/N-ethyl adjacent to an activating group) is 1. The minimum atomic E-state index is -0.378. The van der Waals surface area contributed by atoms with Crippen molar-refractivity contribution >= 4 is 30.8 Å². The van der Waals surface area contributed by atoms with Gasteiger partial charge in [-0.2, -0.15) is 4.98 Å². The van der Waals surface area contributed by atoms with Crippen LogP contribution in [0.5, 0.6) is 0 Å². The summed E-state index contributed by atoms with van der Waals surface area (Å²) in [5.41, 5.74) is 6.32. The summed E-state index contributed by atoms with van der Waals surface area (Å²) < 4.78 is 0. The predicted octanol–water partition coefficient (Wildman–Crippen LogP) is 5.85. The summed E-state index contributed by atoms with van der Waals surface area (Å²) in [4.78, 5) is 32.9. The van der Waals surface area contributed by atoms with E-state index in [-0.39, 0.29) is 12.5 Å². The van der Waals surface area contributed by atoms with Gasteiger partial charge in [-0.1, -0.05) is 130 Å². The van der Waals surface area contributed by atoms with Crippen LogP contribution in [0.15, 0.2) is 0 Å². The highest BCUT2D eigenvalue weighted by Gasteiger charge is 2.26. The van der Waals surface area contributed by atoms with Gasteiger partial charge in [0.05, 0.1) is 12.3 Å². The van der Waals surface area contributed by atoms with E-state index in [1.165, 1.54) is 116 Å². The number of primary amides is 1. The Morgan fingerprint density at radius 3 is 1.83 bits per heavy atom. The third-order valence-corrected chi connectivity index (χ3v) is 8.79. The highest BCUT2D eigenvalue weighted by atomic mass is 16.1. The first-order valence-electron chi connectivity index (χ1n) is 17.7. The fourth-order valence-corrected chi connectivity index (χ4v) is 6.13. The van der Waals surface area contributed by atoms with Crippen molar-refractivity contribution in [1.82, 2.24) is 19.9 Å². The zero-order chi connectivity index (χ0) is 30.4. The number of unbranched alkanes of at least 4 members (excludes halogenated alkanes) is 13. The van der Waals surface area contributed by atoms with Gasteiger partial charge in [0.25, 0.3) is 0 Å². The Morgan fingerprint density at radius 1 is 0.762 bits per heavy atom. The highest BCUT2D eigenvalue weighted by molar-refractivity contribution is 6.51. The van der Waals surface area contributed by atoms with Crippen LogP contribution in [0.3, 0.4) is 0 Å². The minimum absolute atomic E-state index is 0.103. The maximum absolute atomic E-state index is 11.6. The molecule has 1 aromatic rings. The Balaban J connectivity index is 2.00. The molecule has 1 aliphatic heterocycles. The molecule has 2 heterocycles. The number of piperazine rings is 1. The molecule has 1 amide bonds. The normalized spacial score (nSPS) is 14.1. The van der Waals surface area contributed by atoms with Crippen molar-refractivity contribution in [2.24, 2.45) is 5.73 Å². The van der Waals surface area contributed by atoms with Crippen molar-refractivity contribution in [1.29, 1.82) is 0 Å². The first kappa shape index (κ1) is 36.3. The van der Waals surface area contributed by atoms with Crippen molar-refractivity contribution in [2.45, 2.75) is 149 Å². The van der Waals surface area contributed by atoms with Gasteiger partial charge in [-0.25, -0.2) is 9.97 Å². The number of hydrogen-bond acceptors (Lipinski definition) is 7. The van der Waals surface area contributed by atoms with E-state index >= 15 is 0 Å². The number of nitrogens with two attached hydrogens (primary N) is 1. The van der Waals surface area contributed by atoms with Gasteiger partial charge in [-0.05, 0) is 12.8 Å². The molecule has 240 valence electrons. The second-order valence-electron chi connectivity index (χ2n) is 12.6. The van der Waals surface area contributed by atoms with Gasteiger partial charge >= 0.3 is 0 Å². The van der Waals surface area contributed by atoms with Crippen molar-refractivity contribution in [3.05, 3.63) is 0 Å². The van der Waals surface area contributed by atoms with Crippen LogP contribution in [-0.2, 0) is 4.79 Å². The van der Waals surface area contributed by atoms with E-state index in [1.807, 2.05) is 7.05 Å². The molecule has 1 fully saturated rings. The van der Waals surface area contributed by atoms with Crippen LogP contribution >= 0.6 is 0 Å². The largest absolute Gasteiger partial charge is 0.368 e. The number of carbonyl (C=O) groups is 1. The molecule has 0 aromatic carbocycles. The Hall–Kier alpha value is -1.90. The first-order valence-corrected chi connectivity index (χ1v) is 17.7. The summed E-state index contributed by atoms with van der Waals surface area (Å²) in [6.45, 7) is 10.9. The molecule has 0 spiro atoms. The summed E-state index contributed by atoms with van der Waals surface area (Å²) in [5, 5.41) is 0. The minimum Gasteiger partial charge on any atom is -0.368 e. The lowest BCUT2D eigenvalue weighted by atomic mass is 9.72. The summed E-state index contributed by atoms with van der Waals surface area (Å²) in [5.74, 6) is 0.929. The van der Waals surface area contributed by atoms with E-state index in [4.69, 9.17) is 20.7 Å². The molecule has 0 atom stereocenters. The molecule has 42 heavy (non-hydrogen) atoms. The van der Waals surface area contributed by atoms with E-state index < -0.39 is 0 Å². The molecular formula is C33H64BN7O. The monoisotopic (exact) mass is 586 g/mol. The van der Waals surface area contributed by atoms with E-state index in [1.54, 1.807) is 4.90 Å². The summed E-state index contributed by atoms with van der Waals surface area (Å²) in [6.07, 6.45) is 25.0. The van der Waals surface area contributed by atoms with Crippen molar-refractivity contribution < 1.29 is 4.79 Å². The molecule has 1 aliphatic rings. The zero-order valence-corrected chi connectivity index (χ0v) is 27.9. The lowest BCUT2D eigenvalue weighted by molar-refractivity contribution is -0.116. The van der Waals surface area contributed by atoms with Crippen LogP contribution < -0.4 is 21.3 Å². The number of nitrogens with zero attached hydrogens (tertiary/aromatic N) is 6. The Morgan fingerprint density at radius 2 is 1.29 bits per heavy atom. The Bertz CT molecular complexity index is 821. The number of rotatable bonds is 25. The quantitative estimate of drug-likeness (QED) is 0.114. The van der Waals surface area contributed by atoms with Crippen LogP contribution in [0.25, 0.3) is 0 Å². The van der Waals surface area contributed by atoms with Crippen LogP contribution in [0, 0.1) is 0 Å². The molecule has 1 saturated heterocycles. The topological polar surface area (TPSA) is 91.5 Å². The molecule has 0 saturated carbocycles. The third kappa shape index (κ3) is 15.0. The molecule has 0 bridgehead atoms. The van der Waals surface area contributed by atoms with Gasteiger partial charge in [0.2, 0.25) is 25.1 Å². The van der Waals surface area contributed by atoms with Gasteiger partial charge in [0.15, 0.2) is 0 Å². The van der Waals surface area contributed by atoms with Crippen molar-refractivity contribution in [3.63, 3.8) is 0 Å². The molecule has 8 nitrogen and oxygen atoms in total. The van der Waals surface area contributed by atoms with Crippen molar-refractivity contribution in [2.75, 3.05) is 49.6 Å². The molecule has 9 heteroatoms. The Labute approximate surface area is 259 Å². The Kier molecular flexibility index (Phi) is 19.5. The van der Waals surface area contributed by atoms with E-state index in [0.29, 0.717) is 12.0 Å². The molecule has 0 radical (unpaired) electrons. The summed E-state index contributed by atoms with van der Waals surface area (Å²) in [6, 6.07) is 0.693. The first-order chi connectivity index (χ1) is 20.5. The van der Waals surface area contributed by atoms with E-state index in [0.717, 1.165) is 51.5 Å². The lowest BCUT2D eigenvalue weighted by Gasteiger charge is -2.39. The summed E-state index contributed by atoms with van der Waals surface area (Å²) in [7, 11) is 2.68. The second-order valence-corrected chi connectivity index (χ2v) is 12.6. The molecular weight excluding hydrogens is 521 g/mol. The van der Waals surface area contributed by atoms with Gasteiger partial charge in [-0.15, -0.1) is 0 Å². The van der Waals surface area contributed by atoms with E-state index in [9.17, 15) is 4.79 Å². The van der Waals surface area contributed by atoms with Crippen molar-refractivity contribution in [3.8, 4) is 0 Å². The highest BCUT2D eigenvalue weighted by Crippen LogP contribution is 2.22. The standard InChI is InChI=1S/C33H64BN7O/c1-5-8-11-14-17-20-23-34-31-36-32(39(4)28-30(35)42)38-33(37-31)41-26-24-40(25-27-41)29(21-18-15-12-9-6-2)22-19-16-13-10-7-3/h29,34H,5-28H2,1-4H3,(H2,35,42). The smallest absolute Gasteiger partial charge is 0.237 e. The predicted molar refractivity (Wildman–Crippen MR) is 182 cm³/mol.